The Balaban J connectivity index is 2.48. The molecule has 0 fully saturated rings. The zero-order valence-electron chi connectivity index (χ0n) is 6.93. The molecule has 1 rings (SSSR count). The quantitative estimate of drug-likeness (QED) is 0.557. The molecule has 12 heavy (non-hydrogen) atoms. The van der Waals surface area contributed by atoms with Crippen LogP contribution in [0, 0.1) is 0 Å². The van der Waals surface area contributed by atoms with Crippen LogP contribution in [0.4, 0.5) is 0 Å². The lowest BCUT2D eigenvalue weighted by molar-refractivity contribution is 0.469. The van der Waals surface area contributed by atoms with E-state index >= 15 is 0 Å². The van der Waals surface area contributed by atoms with Gasteiger partial charge in [-0.25, -0.2) is 0 Å². The highest BCUT2D eigenvalue weighted by molar-refractivity contribution is 7.95. The molecule has 0 bridgehead atoms. The standard InChI is InChI=1S/C8H11BO2S/c1-2-12-11-9(10)8-6-4-3-5-7-8/h3-7,10H,2H2,1H3. The molecule has 0 atom stereocenters. The Kier molecular flexibility index (Phi) is 4.21. The van der Waals surface area contributed by atoms with E-state index < -0.39 is 7.12 Å². The fraction of sp³-hybridized carbons (Fsp3) is 0.250. The fourth-order valence-electron chi connectivity index (χ4n) is 0.806. The van der Waals surface area contributed by atoms with Crippen LogP contribution in [-0.4, -0.2) is 17.9 Å². The van der Waals surface area contributed by atoms with Gasteiger partial charge in [-0.3, -0.25) is 0 Å². The molecule has 0 amide bonds. The molecule has 0 aromatic heterocycles. The van der Waals surface area contributed by atoms with Gasteiger partial charge in [0, 0.05) is 5.75 Å². The van der Waals surface area contributed by atoms with Gasteiger partial charge in [0.2, 0.25) is 0 Å². The fourth-order valence-corrected chi connectivity index (χ4v) is 1.18. The summed E-state index contributed by atoms with van der Waals surface area (Å²) in [5.74, 6) is 0.837. The zero-order chi connectivity index (χ0) is 8.81. The lowest BCUT2D eigenvalue weighted by Gasteiger charge is -2.04. The first-order valence-electron chi connectivity index (χ1n) is 3.86. The minimum Gasteiger partial charge on any atom is -0.423 e. The van der Waals surface area contributed by atoms with E-state index in [0.717, 1.165) is 11.2 Å². The van der Waals surface area contributed by atoms with E-state index in [1.165, 1.54) is 12.0 Å². The van der Waals surface area contributed by atoms with Crippen molar-refractivity contribution in [3.8, 4) is 0 Å². The van der Waals surface area contributed by atoms with Crippen molar-refractivity contribution < 1.29 is 9.12 Å². The maximum atomic E-state index is 9.41. The van der Waals surface area contributed by atoms with Crippen LogP contribution in [0.5, 0.6) is 0 Å². The second kappa shape index (κ2) is 5.24. The summed E-state index contributed by atoms with van der Waals surface area (Å²) in [7, 11) is -0.809. The normalized spacial score (nSPS) is 9.83. The van der Waals surface area contributed by atoms with Gasteiger partial charge in [0.25, 0.3) is 0 Å². The third-order valence-corrected chi connectivity index (χ3v) is 1.92. The van der Waals surface area contributed by atoms with Gasteiger partial charge in [-0.15, -0.1) is 0 Å². The molecule has 2 nitrogen and oxygen atoms in total. The Morgan fingerprint density at radius 2 is 2.08 bits per heavy atom. The summed E-state index contributed by atoms with van der Waals surface area (Å²) < 4.78 is 5.05. The average Bonchev–Trinajstić information content (AvgIpc) is 2.15. The first kappa shape index (κ1) is 9.64. The summed E-state index contributed by atoms with van der Waals surface area (Å²) in [5.41, 5.74) is 0.790. The van der Waals surface area contributed by atoms with Crippen molar-refractivity contribution in [2.24, 2.45) is 0 Å². The minimum atomic E-state index is -0.809. The van der Waals surface area contributed by atoms with Gasteiger partial charge in [0.1, 0.15) is 0 Å². The smallest absolute Gasteiger partial charge is 0.423 e. The van der Waals surface area contributed by atoms with E-state index in [0.29, 0.717) is 0 Å². The average molecular weight is 182 g/mol. The largest absolute Gasteiger partial charge is 0.502 e. The van der Waals surface area contributed by atoms with Crippen molar-refractivity contribution in [3.63, 3.8) is 0 Å². The van der Waals surface area contributed by atoms with Crippen LogP contribution in [0.3, 0.4) is 0 Å². The third kappa shape index (κ3) is 2.89. The molecule has 1 aromatic rings. The van der Waals surface area contributed by atoms with E-state index in [2.05, 4.69) is 0 Å². The van der Waals surface area contributed by atoms with Crippen molar-refractivity contribution in [2.45, 2.75) is 6.92 Å². The molecular formula is C8H11BO2S. The van der Waals surface area contributed by atoms with Crippen molar-refractivity contribution in [2.75, 3.05) is 5.75 Å². The van der Waals surface area contributed by atoms with Crippen molar-refractivity contribution in [3.05, 3.63) is 30.3 Å². The summed E-state index contributed by atoms with van der Waals surface area (Å²) in [6.07, 6.45) is 0. The maximum Gasteiger partial charge on any atom is 0.502 e. The Labute approximate surface area is 77.3 Å². The summed E-state index contributed by atoms with van der Waals surface area (Å²) in [6, 6.07) is 9.32. The third-order valence-electron chi connectivity index (χ3n) is 1.36. The summed E-state index contributed by atoms with van der Waals surface area (Å²) >= 11 is 1.26. The molecule has 0 saturated heterocycles. The zero-order valence-corrected chi connectivity index (χ0v) is 7.75. The van der Waals surface area contributed by atoms with E-state index in [1.54, 1.807) is 0 Å². The molecule has 0 heterocycles. The van der Waals surface area contributed by atoms with Gasteiger partial charge in [0.15, 0.2) is 0 Å². The van der Waals surface area contributed by atoms with Crippen molar-refractivity contribution in [1.29, 1.82) is 0 Å². The molecule has 4 heteroatoms. The molecule has 64 valence electrons. The molecule has 0 unspecified atom stereocenters. The highest BCUT2D eigenvalue weighted by Crippen LogP contribution is 2.02. The molecule has 0 aliphatic rings. The first-order valence-corrected chi connectivity index (χ1v) is 4.77. The van der Waals surface area contributed by atoms with Crippen LogP contribution < -0.4 is 5.46 Å². The second-order valence-corrected chi connectivity index (χ2v) is 3.27. The summed E-state index contributed by atoms with van der Waals surface area (Å²) in [4.78, 5) is 0. The molecule has 0 spiro atoms. The topological polar surface area (TPSA) is 29.5 Å². The summed E-state index contributed by atoms with van der Waals surface area (Å²) in [5, 5.41) is 9.41. The second-order valence-electron chi connectivity index (χ2n) is 2.27. The Hall–Kier alpha value is -0.445. The maximum absolute atomic E-state index is 9.41. The monoisotopic (exact) mass is 182 g/mol. The molecule has 0 aliphatic heterocycles. The van der Waals surface area contributed by atoms with Crippen molar-refractivity contribution >= 4 is 24.6 Å². The molecule has 0 radical (unpaired) electrons. The molecule has 0 aliphatic carbocycles. The number of hydrogen-bond acceptors (Lipinski definition) is 3. The van der Waals surface area contributed by atoms with E-state index in [4.69, 9.17) is 4.10 Å². The van der Waals surface area contributed by atoms with Crippen LogP contribution in [0.25, 0.3) is 0 Å². The van der Waals surface area contributed by atoms with E-state index in [-0.39, 0.29) is 0 Å². The summed E-state index contributed by atoms with van der Waals surface area (Å²) in [6.45, 7) is 1.97. The van der Waals surface area contributed by atoms with Crippen LogP contribution in [0.15, 0.2) is 30.3 Å². The van der Waals surface area contributed by atoms with Gasteiger partial charge in [-0.1, -0.05) is 37.3 Å². The van der Waals surface area contributed by atoms with Gasteiger partial charge >= 0.3 is 7.12 Å². The molecular weight excluding hydrogens is 171 g/mol. The minimum absolute atomic E-state index is 0.790. The predicted octanol–water partition coefficient (Wildman–Crippen LogP) is 1.06. The molecule has 1 aromatic carbocycles. The Morgan fingerprint density at radius 3 is 2.67 bits per heavy atom. The van der Waals surface area contributed by atoms with E-state index in [9.17, 15) is 5.02 Å². The Bertz CT molecular complexity index is 218. The van der Waals surface area contributed by atoms with Crippen LogP contribution in [-0.2, 0) is 4.10 Å². The van der Waals surface area contributed by atoms with E-state index in [1.807, 2.05) is 37.3 Å². The number of rotatable bonds is 4. The lowest BCUT2D eigenvalue weighted by atomic mass is 9.80. The van der Waals surface area contributed by atoms with Gasteiger partial charge in [-0.05, 0) is 17.5 Å². The van der Waals surface area contributed by atoms with Crippen LogP contribution in [0.2, 0.25) is 0 Å². The van der Waals surface area contributed by atoms with Gasteiger partial charge < -0.3 is 9.12 Å². The molecule has 1 N–H and O–H groups in total. The predicted molar refractivity (Wildman–Crippen MR) is 53.3 cm³/mol. The highest BCUT2D eigenvalue weighted by atomic mass is 32.2. The Morgan fingerprint density at radius 1 is 1.42 bits per heavy atom. The number of hydrogen-bond donors (Lipinski definition) is 1. The van der Waals surface area contributed by atoms with Crippen molar-refractivity contribution in [1.82, 2.24) is 0 Å². The first-order chi connectivity index (χ1) is 5.84. The van der Waals surface area contributed by atoms with Crippen LogP contribution >= 0.6 is 12.0 Å². The van der Waals surface area contributed by atoms with Gasteiger partial charge in [0.05, 0.1) is 0 Å². The molecule has 0 saturated carbocycles. The highest BCUT2D eigenvalue weighted by Gasteiger charge is 2.15. The SMILES string of the molecule is CCSOB(O)c1ccccc1. The lowest BCUT2D eigenvalue weighted by Crippen LogP contribution is -2.31. The van der Waals surface area contributed by atoms with Gasteiger partial charge in [-0.2, -0.15) is 0 Å². The van der Waals surface area contributed by atoms with Crippen LogP contribution in [0.1, 0.15) is 6.92 Å². The number of benzene rings is 1.